The minimum Gasteiger partial charge on any atom is -0.396 e. The SMILES string of the molecule is OCC1CN(Cc2ccccc2)CCC1S. The van der Waals surface area contributed by atoms with Crippen molar-refractivity contribution in [3.8, 4) is 0 Å². The van der Waals surface area contributed by atoms with Gasteiger partial charge in [0.05, 0.1) is 0 Å². The quantitative estimate of drug-likeness (QED) is 0.783. The van der Waals surface area contributed by atoms with Gasteiger partial charge in [0.1, 0.15) is 0 Å². The Morgan fingerprint density at radius 1 is 1.31 bits per heavy atom. The molecule has 16 heavy (non-hydrogen) atoms. The number of thiol groups is 1. The standard InChI is InChI=1S/C13H19NOS/c15-10-12-9-14(7-6-13(12)16)8-11-4-2-1-3-5-11/h1-5,12-13,15-16H,6-10H2. The molecule has 2 atom stereocenters. The zero-order valence-corrected chi connectivity index (χ0v) is 10.3. The van der Waals surface area contributed by atoms with Crippen molar-refractivity contribution in [3.05, 3.63) is 35.9 Å². The van der Waals surface area contributed by atoms with Crippen molar-refractivity contribution in [1.29, 1.82) is 0 Å². The van der Waals surface area contributed by atoms with Crippen LogP contribution in [0.15, 0.2) is 30.3 Å². The van der Waals surface area contributed by atoms with Gasteiger partial charge in [-0.15, -0.1) is 0 Å². The number of aliphatic hydroxyl groups is 1. The van der Waals surface area contributed by atoms with Crippen molar-refractivity contribution in [2.75, 3.05) is 19.7 Å². The van der Waals surface area contributed by atoms with Crippen molar-refractivity contribution in [3.63, 3.8) is 0 Å². The van der Waals surface area contributed by atoms with E-state index in [4.69, 9.17) is 0 Å². The third-order valence-corrected chi connectivity index (χ3v) is 3.94. The first-order chi connectivity index (χ1) is 7.79. The molecule has 0 spiro atoms. The molecular formula is C13H19NOS. The summed E-state index contributed by atoms with van der Waals surface area (Å²) in [6.45, 7) is 3.27. The smallest absolute Gasteiger partial charge is 0.0482 e. The van der Waals surface area contributed by atoms with E-state index in [2.05, 4.69) is 41.8 Å². The molecule has 0 bridgehead atoms. The highest BCUT2D eigenvalue weighted by Crippen LogP contribution is 2.22. The second-order valence-corrected chi connectivity index (χ2v) is 5.18. The number of piperidine rings is 1. The number of rotatable bonds is 3. The van der Waals surface area contributed by atoms with Gasteiger partial charge in [0.2, 0.25) is 0 Å². The fraction of sp³-hybridized carbons (Fsp3) is 0.538. The summed E-state index contributed by atoms with van der Waals surface area (Å²) in [6, 6.07) is 10.5. The summed E-state index contributed by atoms with van der Waals surface area (Å²) in [7, 11) is 0. The Kier molecular flexibility index (Phi) is 4.27. The molecule has 1 aliphatic rings. The lowest BCUT2D eigenvalue weighted by Gasteiger charge is -2.35. The molecule has 0 aromatic heterocycles. The van der Waals surface area contributed by atoms with Crippen LogP contribution in [0.1, 0.15) is 12.0 Å². The second-order valence-electron chi connectivity index (χ2n) is 4.52. The van der Waals surface area contributed by atoms with Gasteiger partial charge >= 0.3 is 0 Å². The zero-order valence-electron chi connectivity index (χ0n) is 9.42. The lowest BCUT2D eigenvalue weighted by Crippen LogP contribution is -2.42. The Labute approximate surface area is 103 Å². The first-order valence-corrected chi connectivity index (χ1v) is 6.36. The van der Waals surface area contributed by atoms with Crippen LogP contribution in [-0.2, 0) is 6.54 Å². The van der Waals surface area contributed by atoms with Crippen molar-refractivity contribution in [2.24, 2.45) is 5.92 Å². The van der Waals surface area contributed by atoms with Crippen LogP contribution in [0.2, 0.25) is 0 Å². The van der Waals surface area contributed by atoms with E-state index in [9.17, 15) is 5.11 Å². The van der Waals surface area contributed by atoms with Crippen LogP contribution >= 0.6 is 12.6 Å². The summed E-state index contributed by atoms with van der Waals surface area (Å²) in [5.41, 5.74) is 1.34. The molecule has 0 amide bonds. The van der Waals surface area contributed by atoms with E-state index in [1.54, 1.807) is 0 Å². The maximum absolute atomic E-state index is 9.27. The topological polar surface area (TPSA) is 23.5 Å². The lowest BCUT2D eigenvalue weighted by molar-refractivity contribution is 0.121. The molecule has 0 aliphatic carbocycles. The van der Waals surface area contributed by atoms with Gasteiger partial charge in [-0.3, -0.25) is 4.90 Å². The fourth-order valence-corrected chi connectivity index (χ4v) is 2.56. The molecule has 1 fully saturated rings. The van der Waals surface area contributed by atoms with Gasteiger partial charge in [0.15, 0.2) is 0 Å². The van der Waals surface area contributed by atoms with Gasteiger partial charge in [-0.25, -0.2) is 0 Å². The molecule has 0 saturated carbocycles. The van der Waals surface area contributed by atoms with E-state index in [0.29, 0.717) is 11.2 Å². The summed E-state index contributed by atoms with van der Waals surface area (Å²) < 4.78 is 0. The molecule has 0 radical (unpaired) electrons. The number of hydrogen-bond donors (Lipinski definition) is 2. The summed E-state index contributed by atoms with van der Waals surface area (Å²) in [5, 5.41) is 9.63. The number of aliphatic hydroxyl groups excluding tert-OH is 1. The monoisotopic (exact) mass is 237 g/mol. The first-order valence-electron chi connectivity index (χ1n) is 5.85. The predicted octanol–water partition coefficient (Wildman–Crippen LogP) is 1.80. The minimum atomic E-state index is 0.249. The Morgan fingerprint density at radius 2 is 2.06 bits per heavy atom. The number of hydrogen-bond acceptors (Lipinski definition) is 3. The minimum absolute atomic E-state index is 0.249. The van der Waals surface area contributed by atoms with E-state index < -0.39 is 0 Å². The molecule has 1 aromatic rings. The van der Waals surface area contributed by atoms with E-state index in [-0.39, 0.29) is 6.61 Å². The van der Waals surface area contributed by atoms with Crippen LogP contribution in [0, 0.1) is 5.92 Å². The van der Waals surface area contributed by atoms with Gasteiger partial charge in [0, 0.05) is 30.9 Å². The van der Waals surface area contributed by atoms with E-state index in [1.807, 2.05) is 6.07 Å². The molecule has 1 heterocycles. The van der Waals surface area contributed by atoms with Crippen LogP contribution < -0.4 is 0 Å². The Hall–Kier alpha value is -0.510. The van der Waals surface area contributed by atoms with Gasteiger partial charge < -0.3 is 5.11 Å². The maximum Gasteiger partial charge on any atom is 0.0482 e. The molecule has 3 heteroatoms. The molecule has 1 saturated heterocycles. The van der Waals surface area contributed by atoms with E-state index >= 15 is 0 Å². The molecule has 1 aliphatic heterocycles. The molecule has 88 valence electrons. The van der Waals surface area contributed by atoms with Crippen LogP contribution in [-0.4, -0.2) is 35.0 Å². The first kappa shape index (κ1) is 12.0. The Balaban J connectivity index is 1.92. The lowest BCUT2D eigenvalue weighted by atomic mass is 9.98. The predicted molar refractivity (Wildman–Crippen MR) is 69.7 cm³/mol. The summed E-state index contributed by atoms with van der Waals surface area (Å²) in [5.74, 6) is 0.320. The number of benzene rings is 1. The molecule has 2 nitrogen and oxygen atoms in total. The number of likely N-dealkylation sites (tertiary alicyclic amines) is 1. The third-order valence-electron chi connectivity index (χ3n) is 3.26. The highest BCUT2D eigenvalue weighted by molar-refractivity contribution is 7.81. The molecular weight excluding hydrogens is 218 g/mol. The van der Waals surface area contributed by atoms with Gasteiger partial charge in [0.25, 0.3) is 0 Å². The summed E-state index contributed by atoms with van der Waals surface area (Å²) in [6.07, 6.45) is 1.07. The van der Waals surface area contributed by atoms with Crippen LogP contribution in [0.25, 0.3) is 0 Å². The normalized spacial score (nSPS) is 26.9. The second kappa shape index (κ2) is 5.71. The Morgan fingerprint density at radius 3 is 2.75 bits per heavy atom. The van der Waals surface area contributed by atoms with Gasteiger partial charge in [-0.1, -0.05) is 30.3 Å². The average Bonchev–Trinajstić information content (AvgIpc) is 2.33. The van der Waals surface area contributed by atoms with Crippen LogP contribution in [0.4, 0.5) is 0 Å². The highest BCUT2D eigenvalue weighted by atomic mass is 32.1. The van der Waals surface area contributed by atoms with Crippen molar-refractivity contribution < 1.29 is 5.11 Å². The third kappa shape index (κ3) is 3.00. The number of nitrogens with zero attached hydrogens (tertiary/aromatic N) is 1. The summed E-state index contributed by atoms with van der Waals surface area (Å²) >= 11 is 4.52. The van der Waals surface area contributed by atoms with Gasteiger partial charge in [-0.05, 0) is 18.5 Å². The van der Waals surface area contributed by atoms with Gasteiger partial charge in [-0.2, -0.15) is 12.6 Å². The summed E-state index contributed by atoms with van der Waals surface area (Å²) in [4.78, 5) is 2.41. The molecule has 2 unspecified atom stereocenters. The average molecular weight is 237 g/mol. The molecule has 1 N–H and O–H groups in total. The van der Waals surface area contributed by atoms with Crippen molar-refractivity contribution in [2.45, 2.75) is 18.2 Å². The van der Waals surface area contributed by atoms with Crippen LogP contribution in [0.3, 0.4) is 0 Å². The molecule has 2 rings (SSSR count). The van der Waals surface area contributed by atoms with E-state index in [1.165, 1.54) is 5.56 Å². The van der Waals surface area contributed by atoms with Crippen LogP contribution in [0.5, 0.6) is 0 Å². The van der Waals surface area contributed by atoms with E-state index in [0.717, 1.165) is 26.1 Å². The molecule has 1 aromatic carbocycles. The van der Waals surface area contributed by atoms with Crippen molar-refractivity contribution in [1.82, 2.24) is 4.90 Å². The fourth-order valence-electron chi connectivity index (χ4n) is 2.26. The zero-order chi connectivity index (χ0) is 11.4. The van der Waals surface area contributed by atoms with Crippen molar-refractivity contribution >= 4 is 12.6 Å². The Bertz CT molecular complexity index is 317. The maximum atomic E-state index is 9.27. The largest absolute Gasteiger partial charge is 0.396 e. The highest BCUT2D eigenvalue weighted by Gasteiger charge is 2.25.